The number of aryl methyl sites for hydroxylation is 1. The minimum atomic E-state index is -3.82. The number of aromatic nitrogens is 2. The molecular weight excluding hydrogens is 719 g/mol. The van der Waals surface area contributed by atoms with Crippen molar-refractivity contribution in [3.05, 3.63) is 89.9 Å². The molecule has 1 unspecified atom stereocenters. The molecule has 0 bridgehead atoms. The third kappa shape index (κ3) is 9.67. The maximum atomic E-state index is 12.4. The lowest BCUT2D eigenvalue weighted by Gasteiger charge is -2.34. The summed E-state index contributed by atoms with van der Waals surface area (Å²) in [6, 6.07) is 19.0. The third-order valence-corrected chi connectivity index (χ3v) is 9.70. The van der Waals surface area contributed by atoms with Crippen molar-refractivity contribution in [2.45, 2.75) is 17.9 Å². The van der Waals surface area contributed by atoms with Crippen LogP contribution >= 0.6 is 0 Å². The van der Waals surface area contributed by atoms with Crippen LogP contribution in [0, 0.1) is 6.92 Å². The van der Waals surface area contributed by atoms with Crippen LogP contribution in [0.3, 0.4) is 0 Å². The van der Waals surface area contributed by atoms with E-state index in [9.17, 15) is 18.3 Å². The van der Waals surface area contributed by atoms with E-state index in [4.69, 9.17) is 34.2 Å². The number of anilines is 2. The lowest BCUT2D eigenvalue weighted by molar-refractivity contribution is 0.0714. The summed E-state index contributed by atoms with van der Waals surface area (Å²) in [5.41, 5.74) is 7.87. The first-order valence-corrected chi connectivity index (χ1v) is 18.5. The number of nitrogen functional groups attached to an aromatic ring is 1. The van der Waals surface area contributed by atoms with Crippen LogP contribution in [0.2, 0.25) is 0 Å². The molecule has 0 aliphatic carbocycles. The molecule has 1 fully saturated rings. The van der Waals surface area contributed by atoms with Gasteiger partial charge in [-0.2, -0.15) is 4.98 Å². The number of amides is 1. The van der Waals surface area contributed by atoms with Crippen molar-refractivity contribution in [3.8, 4) is 23.0 Å². The Morgan fingerprint density at radius 2 is 1.61 bits per heavy atom. The second-order valence-corrected chi connectivity index (χ2v) is 13.7. The number of nitrogens with two attached hydrogens (primary N) is 2. The molecule has 6 rings (SSSR count). The summed E-state index contributed by atoms with van der Waals surface area (Å²) in [5, 5.41) is 19.2. The molecule has 1 aliphatic heterocycles. The molecule has 1 saturated heterocycles. The molecule has 3 aromatic carbocycles. The molecule has 1 aliphatic rings. The van der Waals surface area contributed by atoms with Crippen LogP contribution < -0.4 is 40.0 Å². The summed E-state index contributed by atoms with van der Waals surface area (Å²) in [4.78, 5) is 25.3. The van der Waals surface area contributed by atoms with Gasteiger partial charge in [-0.15, -0.1) is 0 Å². The number of methoxy groups -OCH3 is 3. The van der Waals surface area contributed by atoms with Gasteiger partial charge < -0.3 is 49.3 Å². The number of aliphatic hydroxyl groups is 1. The van der Waals surface area contributed by atoms with Gasteiger partial charge >= 0.3 is 0 Å². The van der Waals surface area contributed by atoms with Crippen LogP contribution in [-0.2, 0) is 10.0 Å². The number of nitrogens with one attached hydrogen (secondary N) is 1. The number of nitrogens with zero attached hydrogens (tertiary/aromatic N) is 4. The molecule has 54 heavy (non-hydrogen) atoms. The molecule has 5 aromatic rings. The second kappa shape index (κ2) is 17.9. The Labute approximate surface area is 313 Å². The van der Waals surface area contributed by atoms with Crippen LogP contribution in [0.25, 0.3) is 10.9 Å². The molecule has 2 aromatic heterocycles. The number of para-hydroxylation sites is 2. The van der Waals surface area contributed by atoms with Crippen molar-refractivity contribution < 1.29 is 41.7 Å². The SMILES string of the molecule is COc1cc2nc(N3CCN(C(=O)c4ccco4)CC3)nc(N)c2cc1OC.COc1ccccc1OCCNCC(O)c1ccc(C)c(S(N)(=O)=O)c1. The average Bonchev–Trinajstić information content (AvgIpc) is 3.72. The zero-order chi connectivity index (χ0) is 38.8. The fourth-order valence-corrected chi connectivity index (χ4v) is 6.55. The normalized spacial score (nSPS) is 13.5. The first kappa shape index (κ1) is 39.6. The molecule has 0 saturated carbocycles. The molecule has 1 atom stereocenters. The minimum Gasteiger partial charge on any atom is -0.493 e. The Balaban J connectivity index is 0.000000208. The number of hydrogen-bond donors (Lipinski definition) is 4. The number of rotatable bonds is 13. The smallest absolute Gasteiger partial charge is 0.289 e. The van der Waals surface area contributed by atoms with Gasteiger partial charge in [0.2, 0.25) is 16.0 Å². The van der Waals surface area contributed by atoms with E-state index in [2.05, 4.69) is 15.3 Å². The highest BCUT2D eigenvalue weighted by molar-refractivity contribution is 7.89. The van der Waals surface area contributed by atoms with Crippen molar-refractivity contribution >= 4 is 38.6 Å². The van der Waals surface area contributed by atoms with Crippen LogP contribution in [0.1, 0.15) is 27.8 Å². The van der Waals surface area contributed by atoms with Crippen LogP contribution in [0.5, 0.6) is 23.0 Å². The van der Waals surface area contributed by atoms with Crippen molar-refractivity contribution in [2.24, 2.45) is 5.14 Å². The quantitative estimate of drug-likeness (QED) is 0.127. The Morgan fingerprint density at radius 3 is 2.26 bits per heavy atom. The number of carbonyl (C=O) groups excluding carboxylic acids is 1. The van der Waals surface area contributed by atoms with E-state index in [-0.39, 0.29) is 17.3 Å². The first-order valence-electron chi connectivity index (χ1n) is 17.0. The number of benzene rings is 3. The number of aliphatic hydroxyl groups excluding tert-OH is 1. The highest BCUT2D eigenvalue weighted by atomic mass is 32.2. The minimum absolute atomic E-state index is 0.0218. The number of furan rings is 1. The van der Waals surface area contributed by atoms with E-state index in [1.807, 2.05) is 29.2 Å². The summed E-state index contributed by atoms with van der Waals surface area (Å²) in [5.74, 6) is 3.59. The van der Waals surface area contributed by atoms with Gasteiger partial charge in [0.1, 0.15) is 12.4 Å². The topological polar surface area (TPSA) is 218 Å². The van der Waals surface area contributed by atoms with Crippen molar-refractivity contribution in [1.82, 2.24) is 20.2 Å². The van der Waals surface area contributed by atoms with Crippen LogP contribution in [0.4, 0.5) is 11.8 Å². The zero-order valence-corrected chi connectivity index (χ0v) is 31.3. The standard InChI is InChI=1S/C19H21N5O4.C18H24N2O5S/c1-26-15-10-12-13(11-16(15)27-2)21-19(22-17(12)20)24-7-5-23(6-8-24)18(25)14-4-3-9-28-14;1-13-7-8-14(11-18(13)26(19,22)23)15(21)12-20-9-10-25-17-6-4-3-5-16(17)24-2/h3-4,9-11H,5-8H2,1-2H3,(H2,20,21,22);3-8,11,15,20-21H,9-10,12H2,1-2H3,(H2,19,22,23). The van der Waals surface area contributed by atoms with Gasteiger partial charge in [0, 0.05) is 50.7 Å². The van der Waals surface area contributed by atoms with Crippen molar-refractivity contribution in [3.63, 3.8) is 0 Å². The number of primary sulfonamides is 1. The second-order valence-electron chi connectivity index (χ2n) is 12.2. The van der Waals surface area contributed by atoms with Gasteiger partial charge in [-0.25, -0.2) is 18.5 Å². The van der Waals surface area contributed by atoms with E-state index in [1.54, 1.807) is 69.6 Å². The zero-order valence-electron chi connectivity index (χ0n) is 30.5. The lowest BCUT2D eigenvalue weighted by Crippen LogP contribution is -2.49. The number of sulfonamides is 1. The molecule has 0 radical (unpaired) electrons. The Kier molecular flexibility index (Phi) is 13.1. The predicted octanol–water partition coefficient (Wildman–Crippen LogP) is 3.14. The monoisotopic (exact) mass is 763 g/mol. The number of fused-ring (bicyclic) bond motifs is 1. The number of piperazine rings is 1. The summed E-state index contributed by atoms with van der Waals surface area (Å²) in [7, 11) is 0.900. The molecule has 0 spiro atoms. The fraction of sp³-hybridized carbons (Fsp3) is 0.324. The van der Waals surface area contributed by atoms with Gasteiger partial charge in [0.05, 0.1) is 44.1 Å². The molecular formula is C37H45N7O9S. The first-order chi connectivity index (χ1) is 25.9. The van der Waals surface area contributed by atoms with Gasteiger partial charge in [0.15, 0.2) is 28.8 Å². The number of hydrogen-bond acceptors (Lipinski definition) is 14. The molecule has 1 amide bonds. The Morgan fingerprint density at radius 1 is 0.926 bits per heavy atom. The summed E-state index contributed by atoms with van der Waals surface area (Å²) < 4.78 is 49.8. The van der Waals surface area contributed by atoms with Gasteiger partial charge in [-0.3, -0.25) is 4.79 Å². The van der Waals surface area contributed by atoms with E-state index in [0.717, 1.165) is 0 Å². The van der Waals surface area contributed by atoms with E-state index < -0.39 is 16.1 Å². The maximum absolute atomic E-state index is 12.4. The number of carbonyl (C=O) groups is 1. The summed E-state index contributed by atoms with van der Waals surface area (Å²) in [6.07, 6.45) is 0.640. The summed E-state index contributed by atoms with van der Waals surface area (Å²) >= 11 is 0. The highest BCUT2D eigenvalue weighted by Gasteiger charge is 2.26. The predicted molar refractivity (Wildman–Crippen MR) is 203 cm³/mol. The van der Waals surface area contributed by atoms with Crippen molar-refractivity contribution in [2.75, 3.05) is 77.8 Å². The Hall–Kier alpha value is -5.62. The van der Waals surface area contributed by atoms with Gasteiger partial charge in [0.25, 0.3) is 5.91 Å². The highest BCUT2D eigenvalue weighted by Crippen LogP contribution is 2.34. The number of ether oxygens (including phenoxy) is 4. The fourth-order valence-electron chi connectivity index (χ4n) is 5.73. The van der Waals surface area contributed by atoms with Gasteiger partial charge in [-0.1, -0.05) is 24.3 Å². The van der Waals surface area contributed by atoms with Crippen LogP contribution in [-0.4, -0.2) is 102 Å². The maximum Gasteiger partial charge on any atom is 0.289 e. The lowest BCUT2D eigenvalue weighted by atomic mass is 10.1. The van der Waals surface area contributed by atoms with E-state index in [1.165, 1.54) is 12.3 Å². The van der Waals surface area contributed by atoms with Crippen LogP contribution in [0.15, 0.2) is 82.3 Å². The average molecular weight is 764 g/mol. The third-order valence-electron chi connectivity index (χ3n) is 8.65. The van der Waals surface area contributed by atoms with E-state index in [0.29, 0.717) is 102 Å². The summed E-state index contributed by atoms with van der Waals surface area (Å²) in [6.45, 7) is 5.10. The van der Waals surface area contributed by atoms with Crippen molar-refractivity contribution in [1.29, 1.82) is 0 Å². The molecule has 16 nitrogen and oxygen atoms in total. The molecule has 6 N–H and O–H groups in total. The molecule has 17 heteroatoms. The van der Waals surface area contributed by atoms with Gasteiger partial charge in [-0.05, 0) is 54.4 Å². The Bertz CT molecular complexity index is 2140. The molecule has 3 heterocycles. The largest absolute Gasteiger partial charge is 0.493 e. The molecule has 288 valence electrons. The van der Waals surface area contributed by atoms with E-state index >= 15 is 0 Å².